The molecule has 0 spiro atoms. The van der Waals surface area contributed by atoms with Crippen LogP contribution in [0.15, 0.2) is 0 Å². The highest BCUT2D eigenvalue weighted by Crippen LogP contribution is 2.24. The average Bonchev–Trinajstić information content (AvgIpc) is 2.39. The van der Waals surface area contributed by atoms with Gasteiger partial charge in [-0.05, 0) is 45.7 Å². The molecule has 2 saturated heterocycles. The van der Waals surface area contributed by atoms with Gasteiger partial charge in [0.25, 0.3) is 10.2 Å². The molecule has 5 nitrogen and oxygen atoms in total. The fraction of sp³-hybridized carbons (Fsp3) is 1.00. The zero-order valence-corrected chi connectivity index (χ0v) is 12.2. The summed E-state index contributed by atoms with van der Waals surface area (Å²) in [4.78, 5) is 0. The van der Waals surface area contributed by atoms with Gasteiger partial charge >= 0.3 is 0 Å². The molecule has 0 aromatic rings. The topological polar surface area (TPSA) is 52.7 Å². The Labute approximate surface area is 111 Å². The van der Waals surface area contributed by atoms with E-state index < -0.39 is 10.2 Å². The number of hydrogen-bond acceptors (Lipinski definition) is 3. The van der Waals surface area contributed by atoms with Gasteiger partial charge in [-0.15, -0.1) is 0 Å². The maximum atomic E-state index is 12.6. The van der Waals surface area contributed by atoms with Crippen LogP contribution in [0.4, 0.5) is 0 Å². The van der Waals surface area contributed by atoms with E-state index in [2.05, 4.69) is 5.32 Å². The molecular formula is C12H25N3O2S. The zero-order chi connectivity index (χ0) is 13.2. The van der Waals surface area contributed by atoms with E-state index in [1.807, 2.05) is 6.92 Å². The van der Waals surface area contributed by atoms with Crippen LogP contribution in [0.1, 0.15) is 39.0 Å². The molecule has 1 atom stereocenters. The molecule has 2 aliphatic rings. The van der Waals surface area contributed by atoms with Gasteiger partial charge in [-0.3, -0.25) is 0 Å². The van der Waals surface area contributed by atoms with Gasteiger partial charge in [-0.1, -0.05) is 6.42 Å². The van der Waals surface area contributed by atoms with Crippen LogP contribution in [0.25, 0.3) is 0 Å². The van der Waals surface area contributed by atoms with Crippen molar-refractivity contribution in [2.24, 2.45) is 0 Å². The van der Waals surface area contributed by atoms with E-state index in [0.29, 0.717) is 6.54 Å². The Morgan fingerprint density at radius 1 is 1.17 bits per heavy atom. The van der Waals surface area contributed by atoms with E-state index >= 15 is 0 Å². The smallest absolute Gasteiger partial charge is 0.282 e. The van der Waals surface area contributed by atoms with Gasteiger partial charge in [-0.25, -0.2) is 0 Å². The first-order chi connectivity index (χ1) is 8.53. The fourth-order valence-corrected chi connectivity index (χ4v) is 4.78. The van der Waals surface area contributed by atoms with E-state index in [1.54, 1.807) is 15.7 Å². The van der Waals surface area contributed by atoms with Crippen LogP contribution < -0.4 is 5.32 Å². The van der Waals surface area contributed by atoms with Crippen molar-refractivity contribution >= 4 is 10.2 Å². The molecule has 106 valence electrons. The van der Waals surface area contributed by atoms with Crippen LogP contribution in [0.5, 0.6) is 0 Å². The summed E-state index contributed by atoms with van der Waals surface area (Å²) in [6.45, 7) is 4.53. The number of hydrogen-bond donors (Lipinski definition) is 1. The van der Waals surface area contributed by atoms with Crippen molar-refractivity contribution in [1.82, 2.24) is 13.9 Å². The fourth-order valence-electron chi connectivity index (χ4n) is 2.94. The maximum Gasteiger partial charge on any atom is 0.282 e. The molecule has 0 radical (unpaired) electrons. The minimum Gasteiger partial charge on any atom is -0.317 e. The SMILES string of the molecule is CC1CCCCN1S(=O)(=O)N(C)C1CCNCC1. The summed E-state index contributed by atoms with van der Waals surface area (Å²) in [5, 5.41) is 3.27. The lowest BCUT2D eigenvalue weighted by Gasteiger charge is -2.38. The molecule has 6 heteroatoms. The molecule has 2 fully saturated rings. The Morgan fingerprint density at radius 3 is 2.44 bits per heavy atom. The summed E-state index contributed by atoms with van der Waals surface area (Å²) in [5.74, 6) is 0. The molecule has 0 saturated carbocycles. The molecular weight excluding hydrogens is 250 g/mol. The molecule has 2 rings (SSSR count). The third kappa shape index (κ3) is 2.87. The lowest BCUT2D eigenvalue weighted by Crippen LogP contribution is -2.53. The van der Waals surface area contributed by atoms with Crippen molar-refractivity contribution in [3.05, 3.63) is 0 Å². The molecule has 0 bridgehead atoms. The molecule has 1 N–H and O–H groups in total. The molecule has 0 aromatic carbocycles. The Hall–Kier alpha value is -0.170. The van der Waals surface area contributed by atoms with Crippen molar-refractivity contribution in [2.75, 3.05) is 26.7 Å². The van der Waals surface area contributed by atoms with E-state index in [9.17, 15) is 8.42 Å². The standard InChI is InChI=1S/C12H25N3O2S/c1-11-5-3-4-10-15(11)18(16,17)14(2)12-6-8-13-9-7-12/h11-13H,3-10H2,1-2H3. The van der Waals surface area contributed by atoms with E-state index in [0.717, 1.165) is 45.2 Å². The van der Waals surface area contributed by atoms with Crippen LogP contribution >= 0.6 is 0 Å². The van der Waals surface area contributed by atoms with Crippen LogP contribution in [0.2, 0.25) is 0 Å². The molecule has 0 aliphatic carbocycles. The zero-order valence-electron chi connectivity index (χ0n) is 11.4. The first kappa shape index (κ1) is 14.2. The van der Waals surface area contributed by atoms with Crippen molar-refractivity contribution < 1.29 is 8.42 Å². The van der Waals surface area contributed by atoms with Crippen molar-refractivity contribution in [3.63, 3.8) is 0 Å². The Morgan fingerprint density at radius 2 is 1.83 bits per heavy atom. The highest BCUT2D eigenvalue weighted by molar-refractivity contribution is 7.86. The summed E-state index contributed by atoms with van der Waals surface area (Å²) in [7, 11) is -1.53. The monoisotopic (exact) mass is 275 g/mol. The number of nitrogens with one attached hydrogen (secondary N) is 1. The van der Waals surface area contributed by atoms with Gasteiger partial charge < -0.3 is 5.32 Å². The van der Waals surface area contributed by atoms with Gasteiger partial charge in [0.1, 0.15) is 0 Å². The lowest BCUT2D eigenvalue weighted by atomic mass is 10.1. The lowest BCUT2D eigenvalue weighted by molar-refractivity contribution is 0.225. The predicted octanol–water partition coefficient (Wildman–Crippen LogP) is 0.789. The Balaban J connectivity index is 2.08. The van der Waals surface area contributed by atoms with Gasteiger partial charge in [0.15, 0.2) is 0 Å². The second-order valence-electron chi connectivity index (χ2n) is 5.46. The molecule has 0 amide bonds. The minimum absolute atomic E-state index is 0.146. The summed E-state index contributed by atoms with van der Waals surface area (Å²) in [6.07, 6.45) is 4.95. The Kier molecular flexibility index (Phi) is 4.64. The first-order valence-electron chi connectivity index (χ1n) is 6.99. The largest absolute Gasteiger partial charge is 0.317 e. The highest BCUT2D eigenvalue weighted by Gasteiger charge is 2.36. The van der Waals surface area contributed by atoms with Crippen molar-refractivity contribution in [3.8, 4) is 0 Å². The van der Waals surface area contributed by atoms with Crippen LogP contribution in [0.3, 0.4) is 0 Å². The van der Waals surface area contributed by atoms with Gasteiger partial charge in [-0.2, -0.15) is 17.0 Å². The van der Waals surface area contributed by atoms with Crippen LogP contribution in [-0.4, -0.2) is 55.8 Å². The third-order valence-corrected chi connectivity index (χ3v) is 6.39. The first-order valence-corrected chi connectivity index (χ1v) is 8.38. The normalized spacial score (nSPS) is 28.7. The second kappa shape index (κ2) is 5.86. The van der Waals surface area contributed by atoms with Gasteiger partial charge in [0, 0.05) is 25.7 Å². The minimum atomic E-state index is -3.27. The van der Waals surface area contributed by atoms with Crippen molar-refractivity contribution in [1.29, 1.82) is 0 Å². The van der Waals surface area contributed by atoms with E-state index in [4.69, 9.17) is 0 Å². The van der Waals surface area contributed by atoms with Crippen LogP contribution in [-0.2, 0) is 10.2 Å². The summed E-state index contributed by atoms with van der Waals surface area (Å²) >= 11 is 0. The van der Waals surface area contributed by atoms with E-state index in [1.165, 1.54) is 0 Å². The Bertz CT molecular complexity index is 366. The van der Waals surface area contributed by atoms with Crippen LogP contribution in [0, 0.1) is 0 Å². The second-order valence-corrected chi connectivity index (χ2v) is 7.40. The number of nitrogens with zero attached hydrogens (tertiary/aromatic N) is 2. The number of rotatable bonds is 3. The van der Waals surface area contributed by atoms with E-state index in [-0.39, 0.29) is 12.1 Å². The molecule has 0 aromatic heterocycles. The molecule has 18 heavy (non-hydrogen) atoms. The summed E-state index contributed by atoms with van der Waals surface area (Å²) < 4.78 is 28.6. The number of piperidine rings is 2. The molecule has 2 heterocycles. The van der Waals surface area contributed by atoms with Crippen molar-refractivity contribution in [2.45, 2.75) is 51.1 Å². The summed E-state index contributed by atoms with van der Waals surface area (Å²) in [6, 6.07) is 0.304. The van der Waals surface area contributed by atoms with Gasteiger partial charge in [0.05, 0.1) is 0 Å². The quantitative estimate of drug-likeness (QED) is 0.828. The molecule has 1 unspecified atom stereocenters. The average molecular weight is 275 g/mol. The third-order valence-electron chi connectivity index (χ3n) is 4.23. The predicted molar refractivity (Wildman–Crippen MR) is 72.6 cm³/mol. The van der Waals surface area contributed by atoms with Gasteiger partial charge in [0.2, 0.25) is 0 Å². The highest BCUT2D eigenvalue weighted by atomic mass is 32.2. The summed E-state index contributed by atoms with van der Waals surface area (Å²) in [5.41, 5.74) is 0. The molecule has 2 aliphatic heterocycles. The maximum absolute atomic E-state index is 12.6.